The normalized spacial score (nSPS) is 28.5. The van der Waals surface area contributed by atoms with Crippen LogP contribution >= 0.6 is 0 Å². The number of carbonyl (C=O) groups excluding carboxylic acids is 1. The van der Waals surface area contributed by atoms with Gasteiger partial charge in [-0.2, -0.15) is 0 Å². The van der Waals surface area contributed by atoms with Gasteiger partial charge in [0.2, 0.25) is 5.91 Å². The van der Waals surface area contributed by atoms with Crippen LogP contribution in [0.5, 0.6) is 0 Å². The van der Waals surface area contributed by atoms with Crippen LogP contribution in [0.4, 0.5) is 0 Å². The van der Waals surface area contributed by atoms with Crippen LogP contribution in [0.3, 0.4) is 0 Å². The molecule has 2 fully saturated rings. The number of amides is 1. The van der Waals surface area contributed by atoms with E-state index >= 15 is 0 Å². The maximum atomic E-state index is 12.5. The van der Waals surface area contributed by atoms with Crippen molar-refractivity contribution in [3.63, 3.8) is 0 Å². The minimum Gasteiger partial charge on any atom is -0.352 e. The van der Waals surface area contributed by atoms with Gasteiger partial charge in [-0.25, -0.2) is 0 Å². The van der Waals surface area contributed by atoms with Gasteiger partial charge in [0, 0.05) is 18.5 Å². The van der Waals surface area contributed by atoms with Crippen LogP contribution in [-0.4, -0.2) is 18.5 Å². The standard InChI is InChI=1S/C18H34N2O/c1-2-3-6-14-9-11-16(12-10-14)18(21)20-17(13-19)15-7-4-5-8-15/h14-17H,2-13,19H2,1H3,(H,20,21). The van der Waals surface area contributed by atoms with Crippen LogP contribution in [0.15, 0.2) is 0 Å². The smallest absolute Gasteiger partial charge is 0.223 e. The number of rotatable bonds is 7. The van der Waals surface area contributed by atoms with Crippen molar-refractivity contribution < 1.29 is 4.79 Å². The molecule has 0 aromatic rings. The first-order valence-electron chi connectivity index (χ1n) is 9.25. The Morgan fingerprint density at radius 1 is 1.14 bits per heavy atom. The van der Waals surface area contributed by atoms with Crippen LogP contribution in [0.2, 0.25) is 0 Å². The first-order valence-corrected chi connectivity index (χ1v) is 9.25. The number of nitrogens with two attached hydrogens (primary N) is 1. The molecule has 0 aliphatic heterocycles. The molecule has 0 heterocycles. The Kier molecular flexibility index (Phi) is 7.01. The largest absolute Gasteiger partial charge is 0.352 e. The van der Waals surface area contributed by atoms with Crippen LogP contribution < -0.4 is 11.1 Å². The summed E-state index contributed by atoms with van der Waals surface area (Å²) in [5.41, 5.74) is 5.89. The van der Waals surface area contributed by atoms with Gasteiger partial charge in [-0.1, -0.05) is 39.0 Å². The summed E-state index contributed by atoms with van der Waals surface area (Å²) in [5.74, 6) is 2.03. The number of unbranched alkanes of at least 4 members (excludes halogenated alkanes) is 1. The van der Waals surface area contributed by atoms with Gasteiger partial charge >= 0.3 is 0 Å². The van der Waals surface area contributed by atoms with E-state index in [0.717, 1.165) is 18.8 Å². The first kappa shape index (κ1) is 16.8. The predicted octanol–water partition coefficient (Wildman–Crippen LogP) is 3.62. The molecule has 1 atom stereocenters. The van der Waals surface area contributed by atoms with Gasteiger partial charge in [0.1, 0.15) is 0 Å². The highest BCUT2D eigenvalue weighted by Crippen LogP contribution is 2.33. The van der Waals surface area contributed by atoms with E-state index in [1.165, 1.54) is 57.8 Å². The van der Waals surface area contributed by atoms with Gasteiger partial charge in [-0.3, -0.25) is 4.79 Å². The van der Waals surface area contributed by atoms with E-state index in [-0.39, 0.29) is 17.9 Å². The van der Waals surface area contributed by atoms with E-state index in [4.69, 9.17) is 5.73 Å². The molecule has 2 rings (SSSR count). The van der Waals surface area contributed by atoms with E-state index in [0.29, 0.717) is 12.5 Å². The quantitative estimate of drug-likeness (QED) is 0.753. The Labute approximate surface area is 130 Å². The molecule has 2 saturated carbocycles. The van der Waals surface area contributed by atoms with E-state index in [1.807, 2.05) is 0 Å². The molecule has 21 heavy (non-hydrogen) atoms. The SMILES string of the molecule is CCCCC1CCC(C(=O)NC(CN)C2CCCC2)CC1. The Hall–Kier alpha value is -0.570. The fraction of sp³-hybridized carbons (Fsp3) is 0.944. The number of carbonyl (C=O) groups is 1. The molecule has 0 bridgehead atoms. The number of hydrogen-bond acceptors (Lipinski definition) is 2. The van der Waals surface area contributed by atoms with E-state index < -0.39 is 0 Å². The second-order valence-corrected chi connectivity index (χ2v) is 7.26. The maximum Gasteiger partial charge on any atom is 0.223 e. The minimum atomic E-state index is 0.220. The van der Waals surface area contributed by atoms with Crippen molar-refractivity contribution in [1.29, 1.82) is 0 Å². The van der Waals surface area contributed by atoms with Gasteiger partial charge in [-0.15, -0.1) is 0 Å². The number of nitrogens with one attached hydrogen (secondary N) is 1. The molecular formula is C18H34N2O. The van der Waals surface area contributed by atoms with Crippen molar-refractivity contribution in [2.24, 2.45) is 23.5 Å². The van der Waals surface area contributed by atoms with Crippen LogP contribution in [0, 0.1) is 17.8 Å². The zero-order valence-corrected chi connectivity index (χ0v) is 13.8. The summed E-state index contributed by atoms with van der Waals surface area (Å²) in [6.07, 6.45) is 13.8. The molecule has 0 aromatic heterocycles. The molecule has 1 unspecified atom stereocenters. The van der Waals surface area contributed by atoms with Gasteiger partial charge in [0.05, 0.1) is 0 Å². The highest BCUT2D eigenvalue weighted by atomic mass is 16.1. The van der Waals surface area contributed by atoms with Crippen LogP contribution in [0.1, 0.15) is 77.6 Å². The molecule has 3 N–H and O–H groups in total. The average molecular weight is 294 g/mol. The zero-order valence-electron chi connectivity index (χ0n) is 13.8. The molecule has 0 radical (unpaired) electrons. The van der Waals surface area contributed by atoms with E-state index in [2.05, 4.69) is 12.2 Å². The van der Waals surface area contributed by atoms with Crippen LogP contribution in [0.25, 0.3) is 0 Å². The summed E-state index contributed by atoms with van der Waals surface area (Å²) in [4.78, 5) is 12.5. The van der Waals surface area contributed by atoms with E-state index in [1.54, 1.807) is 0 Å². The summed E-state index contributed by atoms with van der Waals surface area (Å²) >= 11 is 0. The molecule has 2 aliphatic rings. The van der Waals surface area contributed by atoms with Gasteiger partial charge in [0.15, 0.2) is 0 Å². The van der Waals surface area contributed by atoms with Crippen molar-refractivity contribution in [1.82, 2.24) is 5.32 Å². The molecular weight excluding hydrogens is 260 g/mol. The molecule has 2 aliphatic carbocycles. The molecule has 0 saturated heterocycles. The van der Waals surface area contributed by atoms with Crippen molar-refractivity contribution >= 4 is 5.91 Å². The Morgan fingerprint density at radius 2 is 1.81 bits per heavy atom. The molecule has 122 valence electrons. The summed E-state index contributed by atoms with van der Waals surface area (Å²) in [7, 11) is 0. The summed E-state index contributed by atoms with van der Waals surface area (Å²) < 4.78 is 0. The fourth-order valence-corrected chi connectivity index (χ4v) is 4.24. The highest BCUT2D eigenvalue weighted by Gasteiger charge is 2.30. The minimum absolute atomic E-state index is 0.220. The third-order valence-corrected chi connectivity index (χ3v) is 5.73. The van der Waals surface area contributed by atoms with E-state index in [9.17, 15) is 4.79 Å². The topological polar surface area (TPSA) is 55.1 Å². The van der Waals surface area contributed by atoms with Crippen molar-refractivity contribution in [2.75, 3.05) is 6.54 Å². The lowest BCUT2D eigenvalue weighted by atomic mass is 9.79. The Bertz CT molecular complexity index is 304. The highest BCUT2D eigenvalue weighted by molar-refractivity contribution is 5.79. The van der Waals surface area contributed by atoms with Crippen LogP contribution in [-0.2, 0) is 4.79 Å². The molecule has 0 spiro atoms. The van der Waals surface area contributed by atoms with Crippen molar-refractivity contribution in [3.8, 4) is 0 Å². The zero-order chi connectivity index (χ0) is 15.1. The summed E-state index contributed by atoms with van der Waals surface area (Å²) in [5, 5.41) is 3.27. The summed E-state index contributed by atoms with van der Waals surface area (Å²) in [6.45, 7) is 2.86. The van der Waals surface area contributed by atoms with Crippen molar-refractivity contribution in [2.45, 2.75) is 83.6 Å². The second kappa shape index (κ2) is 8.77. The third-order valence-electron chi connectivity index (χ3n) is 5.73. The second-order valence-electron chi connectivity index (χ2n) is 7.26. The molecule has 3 nitrogen and oxygen atoms in total. The lowest BCUT2D eigenvalue weighted by Crippen LogP contribution is -2.47. The van der Waals surface area contributed by atoms with Crippen molar-refractivity contribution in [3.05, 3.63) is 0 Å². The van der Waals surface area contributed by atoms with Gasteiger partial charge in [-0.05, 0) is 50.4 Å². The third kappa shape index (κ3) is 4.98. The van der Waals surface area contributed by atoms with Gasteiger partial charge in [0.25, 0.3) is 0 Å². The molecule has 3 heteroatoms. The Morgan fingerprint density at radius 3 is 2.38 bits per heavy atom. The monoisotopic (exact) mass is 294 g/mol. The van der Waals surface area contributed by atoms with Gasteiger partial charge < -0.3 is 11.1 Å². The molecule has 0 aromatic carbocycles. The average Bonchev–Trinajstić information content (AvgIpc) is 3.05. The maximum absolute atomic E-state index is 12.5. The predicted molar refractivity (Wildman–Crippen MR) is 87.9 cm³/mol. The lowest BCUT2D eigenvalue weighted by molar-refractivity contribution is -0.127. The first-order chi connectivity index (χ1) is 10.2. The summed E-state index contributed by atoms with van der Waals surface area (Å²) in [6, 6.07) is 0.220. The lowest BCUT2D eigenvalue weighted by Gasteiger charge is -2.30. The molecule has 1 amide bonds. The fourth-order valence-electron chi connectivity index (χ4n) is 4.24. The number of hydrogen-bond donors (Lipinski definition) is 2. The Balaban J connectivity index is 1.73.